The van der Waals surface area contributed by atoms with Gasteiger partial charge in [-0.05, 0) is 30.2 Å². The second-order valence-corrected chi connectivity index (χ2v) is 5.37. The lowest BCUT2D eigenvalue weighted by atomic mass is 9.79. The van der Waals surface area contributed by atoms with Crippen molar-refractivity contribution < 1.29 is 14.3 Å². The van der Waals surface area contributed by atoms with Gasteiger partial charge < -0.3 is 5.11 Å². The smallest absolute Gasteiger partial charge is 0.304 e. The van der Waals surface area contributed by atoms with Crippen molar-refractivity contribution in [3.8, 4) is 0 Å². The Bertz CT molecular complexity index is 427. The Kier molecular flexibility index (Phi) is 3.73. The van der Waals surface area contributed by atoms with Crippen molar-refractivity contribution in [1.29, 1.82) is 0 Å². The third-order valence-corrected chi connectivity index (χ3v) is 3.46. The van der Waals surface area contributed by atoms with E-state index in [1.807, 2.05) is 6.92 Å². The number of halogens is 2. The van der Waals surface area contributed by atoms with Gasteiger partial charge in [-0.15, -0.1) is 0 Å². The van der Waals surface area contributed by atoms with E-state index < -0.39 is 11.4 Å². The maximum atomic E-state index is 13.3. The Morgan fingerprint density at radius 1 is 1.50 bits per heavy atom. The third-order valence-electron chi connectivity index (χ3n) is 2.63. The molecule has 4 heteroatoms. The molecule has 0 aromatic heterocycles. The molecule has 0 aliphatic rings. The van der Waals surface area contributed by atoms with E-state index in [1.54, 1.807) is 13.8 Å². The quantitative estimate of drug-likeness (QED) is 0.922. The molecule has 88 valence electrons. The Morgan fingerprint density at radius 2 is 2.06 bits per heavy atom. The SMILES string of the molecule is Cc1c(Br)cc(F)cc1C(C)(C)CC(=O)O. The first-order valence-electron chi connectivity index (χ1n) is 4.92. The van der Waals surface area contributed by atoms with Gasteiger partial charge in [0, 0.05) is 9.89 Å². The molecule has 0 saturated carbocycles. The van der Waals surface area contributed by atoms with E-state index in [0.29, 0.717) is 4.47 Å². The predicted molar refractivity (Wildman–Crippen MR) is 64.1 cm³/mol. The molecule has 1 aromatic rings. The van der Waals surface area contributed by atoms with E-state index in [1.165, 1.54) is 12.1 Å². The largest absolute Gasteiger partial charge is 0.481 e. The first-order valence-corrected chi connectivity index (χ1v) is 5.71. The van der Waals surface area contributed by atoms with Crippen LogP contribution in [0.1, 0.15) is 31.4 Å². The highest BCUT2D eigenvalue weighted by atomic mass is 79.9. The van der Waals surface area contributed by atoms with Crippen molar-refractivity contribution in [3.63, 3.8) is 0 Å². The molecule has 1 aromatic carbocycles. The van der Waals surface area contributed by atoms with Gasteiger partial charge in [-0.3, -0.25) is 4.79 Å². The fourth-order valence-corrected chi connectivity index (χ4v) is 2.25. The van der Waals surface area contributed by atoms with E-state index in [-0.39, 0.29) is 12.2 Å². The van der Waals surface area contributed by atoms with Crippen molar-refractivity contribution in [2.45, 2.75) is 32.6 Å². The molecule has 1 N–H and O–H groups in total. The minimum absolute atomic E-state index is 0.0241. The Balaban J connectivity index is 3.26. The summed E-state index contributed by atoms with van der Waals surface area (Å²) in [5, 5.41) is 8.83. The van der Waals surface area contributed by atoms with Crippen LogP contribution in [0.5, 0.6) is 0 Å². The Morgan fingerprint density at radius 3 is 2.56 bits per heavy atom. The normalized spacial score (nSPS) is 11.6. The first-order chi connectivity index (χ1) is 7.24. The van der Waals surface area contributed by atoms with Crippen molar-refractivity contribution >= 4 is 21.9 Å². The van der Waals surface area contributed by atoms with Gasteiger partial charge >= 0.3 is 5.97 Å². The van der Waals surface area contributed by atoms with E-state index in [9.17, 15) is 9.18 Å². The van der Waals surface area contributed by atoms with Gasteiger partial charge in [0.05, 0.1) is 6.42 Å². The molecule has 0 heterocycles. The molecule has 0 atom stereocenters. The lowest BCUT2D eigenvalue weighted by molar-refractivity contribution is -0.138. The van der Waals surface area contributed by atoms with Crippen molar-refractivity contribution in [1.82, 2.24) is 0 Å². The molecule has 0 aliphatic heterocycles. The summed E-state index contributed by atoms with van der Waals surface area (Å²) in [5.41, 5.74) is 1.02. The van der Waals surface area contributed by atoms with Gasteiger partial charge in [0.25, 0.3) is 0 Å². The van der Waals surface area contributed by atoms with Crippen molar-refractivity contribution in [2.24, 2.45) is 0 Å². The van der Waals surface area contributed by atoms with Crippen LogP contribution in [0.4, 0.5) is 4.39 Å². The van der Waals surface area contributed by atoms with Crippen LogP contribution in [0.25, 0.3) is 0 Å². The summed E-state index contributed by atoms with van der Waals surface area (Å²) in [4.78, 5) is 10.8. The molecule has 0 bridgehead atoms. The second kappa shape index (κ2) is 4.53. The van der Waals surface area contributed by atoms with Crippen LogP contribution >= 0.6 is 15.9 Å². The average Bonchev–Trinajstić information content (AvgIpc) is 2.08. The third kappa shape index (κ3) is 2.82. The van der Waals surface area contributed by atoms with Crippen LogP contribution < -0.4 is 0 Å². The highest BCUT2D eigenvalue weighted by Gasteiger charge is 2.27. The zero-order valence-corrected chi connectivity index (χ0v) is 11.1. The molecule has 1 rings (SSSR count). The van der Waals surface area contributed by atoms with Crippen LogP contribution in [0.15, 0.2) is 16.6 Å². The second-order valence-electron chi connectivity index (χ2n) is 4.51. The number of rotatable bonds is 3. The minimum Gasteiger partial charge on any atom is -0.481 e. The van der Waals surface area contributed by atoms with Gasteiger partial charge in [0.15, 0.2) is 0 Å². The average molecular weight is 289 g/mol. The zero-order chi connectivity index (χ0) is 12.5. The summed E-state index contributed by atoms with van der Waals surface area (Å²) >= 11 is 3.27. The molecule has 0 fully saturated rings. The van der Waals surface area contributed by atoms with Crippen LogP contribution in [0.3, 0.4) is 0 Å². The molecular weight excluding hydrogens is 275 g/mol. The van der Waals surface area contributed by atoms with Gasteiger partial charge in [-0.1, -0.05) is 29.8 Å². The summed E-state index contributed by atoms with van der Waals surface area (Å²) in [6.45, 7) is 5.45. The van der Waals surface area contributed by atoms with Crippen LogP contribution in [-0.4, -0.2) is 11.1 Å². The summed E-state index contributed by atoms with van der Waals surface area (Å²) < 4.78 is 14.0. The van der Waals surface area contributed by atoms with E-state index in [0.717, 1.165) is 11.1 Å². The maximum Gasteiger partial charge on any atom is 0.304 e. The fraction of sp³-hybridized carbons (Fsp3) is 0.417. The zero-order valence-electron chi connectivity index (χ0n) is 9.47. The maximum absolute atomic E-state index is 13.3. The van der Waals surface area contributed by atoms with Crippen molar-refractivity contribution in [3.05, 3.63) is 33.5 Å². The highest BCUT2D eigenvalue weighted by molar-refractivity contribution is 9.10. The molecular formula is C12H14BrFO2. The summed E-state index contributed by atoms with van der Waals surface area (Å²) in [7, 11) is 0. The summed E-state index contributed by atoms with van der Waals surface area (Å²) in [5.74, 6) is -1.24. The van der Waals surface area contributed by atoms with Gasteiger partial charge in [0.2, 0.25) is 0 Å². The molecule has 0 amide bonds. The number of aliphatic carboxylic acids is 1. The lowest BCUT2D eigenvalue weighted by Crippen LogP contribution is -2.23. The van der Waals surface area contributed by atoms with Gasteiger partial charge in [-0.25, -0.2) is 4.39 Å². The number of hydrogen-bond acceptors (Lipinski definition) is 1. The molecule has 2 nitrogen and oxygen atoms in total. The number of carboxylic acid groups (broad SMARTS) is 1. The molecule has 0 saturated heterocycles. The number of hydrogen-bond donors (Lipinski definition) is 1. The van der Waals surface area contributed by atoms with Gasteiger partial charge in [-0.2, -0.15) is 0 Å². The Labute approximate surface area is 103 Å². The van der Waals surface area contributed by atoms with E-state index in [4.69, 9.17) is 5.11 Å². The predicted octanol–water partition coefficient (Wildman–Crippen LogP) is 3.65. The van der Waals surface area contributed by atoms with Crippen LogP contribution in [0.2, 0.25) is 0 Å². The Hall–Kier alpha value is -0.900. The molecule has 0 radical (unpaired) electrons. The lowest BCUT2D eigenvalue weighted by Gasteiger charge is -2.25. The minimum atomic E-state index is -0.884. The topological polar surface area (TPSA) is 37.3 Å². The van der Waals surface area contributed by atoms with Crippen molar-refractivity contribution in [2.75, 3.05) is 0 Å². The highest BCUT2D eigenvalue weighted by Crippen LogP contribution is 2.33. The number of carboxylic acids is 1. The molecule has 0 unspecified atom stereocenters. The number of benzene rings is 1. The molecule has 16 heavy (non-hydrogen) atoms. The standard InChI is InChI=1S/C12H14BrFO2/c1-7-9(4-8(14)5-10(7)13)12(2,3)6-11(15)16/h4-5H,6H2,1-3H3,(H,15,16). The first kappa shape index (κ1) is 13.2. The monoisotopic (exact) mass is 288 g/mol. The molecule has 0 aliphatic carbocycles. The fourth-order valence-electron chi connectivity index (χ4n) is 1.82. The number of carbonyl (C=O) groups is 1. The van der Waals surface area contributed by atoms with E-state index >= 15 is 0 Å². The summed E-state index contributed by atoms with van der Waals surface area (Å²) in [6.07, 6.45) is -0.0241. The summed E-state index contributed by atoms with van der Waals surface area (Å²) in [6, 6.07) is 2.79. The van der Waals surface area contributed by atoms with E-state index in [2.05, 4.69) is 15.9 Å². The van der Waals surface area contributed by atoms with Crippen LogP contribution in [0, 0.1) is 12.7 Å². The molecule has 0 spiro atoms. The van der Waals surface area contributed by atoms with Gasteiger partial charge in [0.1, 0.15) is 5.82 Å². The van der Waals surface area contributed by atoms with Crippen LogP contribution in [-0.2, 0) is 10.2 Å².